The standard InChI is InChI=1S/C17H32N2O/c1-15(2)13-19(11-14-7-10-16(3,4)20-14)17(12-18-15)8-5-6-9-17/h14,18H,5-13H2,1-4H3. The van der Waals surface area contributed by atoms with Crippen molar-refractivity contribution in [3.05, 3.63) is 0 Å². The van der Waals surface area contributed by atoms with E-state index in [1.54, 1.807) is 0 Å². The molecule has 1 atom stereocenters. The Hall–Kier alpha value is -0.120. The SMILES string of the molecule is CC1(C)CN(CC2CCC(C)(C)O2)C2(CCCC2)CN1. The molecule has 3 heteroatoms. The van der Waals surface area contributed by atoms with Gasteiger partial charge in [-0.3, -0.25) is 4.90 Å². The van der Waals surface area contributed by atoms with Gasteiger partial charge < -0.3 is 10.1 Å². The third-order valence-electron chi connectivity index (χ3n) is 5.67. The second-order valence-corrected chi connectivity index (χ2v) is 8.59. The summed E-state index contributed by atoms with van der Waals surface area (Å²) in [5.74, 6) is 0. The molecule has 2 aliphatic heterocycles. The molecule has 0 aromatic heterocycles. The van der Waals surface area contributed by atoms with Crippen molar-refractivity contribution in [2.75, 3.05) is 19.6 Å². The monoisotopic (exact) mass is 280 g/mol. The average Bonchev–Trinajstić information content (AvgIpc) is 2.92. The number of nitrogens with zero attached hydrogens (tertiary/aromatic N) is 1. The van der Waals surface area contributed by atoms with E-state index in [9.17, 15) is 0 Å². The molecule has 1 N–H and O–H groups in total. The fraction of sp³-hybridized carbons (Fsp3) is 1.00. The zero-order valence-electron chi connectivity index (χ0n) is 13.8. The van der Waals surface area contributed by atoms with Crippen molar-refractivity contribution >= 4 is 0 Å². The first-order valence-corrected chi connectivity index (χ1v) is 8.48. The minimum Gasteiger partial charge on any atom is -0.371 e. The van der Waals surface area contributed by atoms with Crippen molar-refractivity contribution < 1.29 is 4.74 Å². The van der Waals surface area contributed by atoms with Gasteiger partial charge in [-0.25, -0.2) is 0 Å². The topological polar surface area (TPSA) is 24.5 Å². The first-order chi connectivity index (χ1) is 9.30. The van der Waals surface area contributed by atoms with Crippen molar-refractivity contribution in [1.29, 1.82) is 0 Å². The highest BCUT2D eigenvalue weighted by Crippen LogP contribution is 2.40. The minimum absolute atomic E-state index is 0.0943. The van der Waals surface area contributed by atoms with Gasteiger partial charge in [0.15, 0.2) is 0 Å². The summed E-state index contributed by atoms with van der Waals surface area (Å²) in [5, 5.41) is 3.78. The Kier molecular flexibility index (Phi) is 3.67. The van der Waals surface area contributed by atoms with Crippen molar-refractivity contribution in [3.8, 4) is 0 Å². The molecule has 1 saturated carbocycles. The number of hydrogen-bond acceptors (Lipinski definition) is 3. The Balaban J connectivity index is 1.70. The first-order valence-electron chi connectivity index (χ1n) is 8.48. The highest BCUT2D eigenvalue weighted by molar-refractivity contribution is 5.05. The lowest BCUT2D eigenvalue weighted by Gasteiger charge is -2.52. The van der Waals surface area contributed by atoms with E-state index in [2.05, 4.69) is 37.9 Å². The van der Waals surface area contributed by atoms with Crippen LogP contribution < -0.4 is 5.32 Å². The van der Waals surface area contributed by atoms with Crippen LogP contribution in [0.4, 0.5) is 0 Å². The number of nitrogens with one attached hydrogen (secondary N) is 1. The molecule has 1 spiro atoms. The van der Waals surface area contributed by atoms with Crippen LogP contribution in [0.1, 0.15) is 66.2 Å². The van der Waals surface area contributed by atoms with Crippen LogP contribution in [0.3, 0.4) is 0 Å². The normalized spacial score (nSPS) is 35.7. The highest BCUT2D eigenvalue weighted by Gasteiger charge is 2.47. The Morgan fingerprint density at radius 3 is 2.40 bits per heavy atom. The fourth-order valence-electron chi connectivity index (χ4n) is 4.45. The van der Waals surface area contributed by atoms with Gasteiger partial charge in [-0.05, 0) is 53.4 Å². The summed E-state index contributed by atoms with van der Waals surface area (Å²) >= 11 is 0. The Labute approximate surface area is 124 Å². The van der Waals surface area contributed by atoms with Crippen LogP contribution in [0.5, 0.6) is 0 Å². The Morgan fingerprint density at radius 2 is 1.80 bits per heavy atom. The van der Waals surface area contributed by atoms with Crippen LogP contribution in [-0.2, 0) is 4.74 Å². The van der Waals surface area contributed by atoms with Crippen LogP contribution in [0.2, 0.25) is 0 Å². The van der Waals surface area contributed by atoms with Crippen molar-refractivity contribution in [2.24, 2.45) is 0 Å². The van der Waals surface area contributed by atoms with Gasteiger partial charge >= 0.3 is 0 Å². The summed E-state index contributed by atoms with van der Waals surface area (Å²) in [6, 6.07) is 0. The lowest BCUT2D eigenvalue weighted by atomic mass is 9.86. The van der Waals surface area contributed by atoms with Gasteiger partial charge in [-0.2, -0.15) is 0 Å². The maximum Gasteiger partial charge on any atom is 0.0710 e. The van der Waals surface area contributed by atoms with Gasteiger partial charge in [0.1, 0.15) is 0 Å². The zero-order chi connectivity index (χ0) is 14.4. The summed E-state index contributed by atoms with van der Waals surface area (Å²) in [4.78, 5) is 2.78. The first kappa shape index (κ1) is 14.8. The molecule has 116 valence electrons. The van der Waals surface area contributed by atoms with Crippen LogP contribution in [0.25, 0.3) is 0 Å². The van der Waals surface area contributed by atoms with Crippen LogP contribution >= 0.6 is 0 Å². The van der Waals surface area contributed by atoms with Gasteiger partial charge in [0.25, 0.3) is 0 Å². The summed E-state index contributed by atoms with van der Waals surface area (Å²) < 4.78 is 6.26. The lowest BCUT2D eigenvalue weighted by molar-refractivity contribution is -0.0610. The smallest absolute Gasteiger partial charge is 0.0710 e. The molecule has 0 aromatic rings. The van der Waals surface area contributed by atoms with E-state index in [0.29, 0.717) is 11.6 Å². The van der Waals surface area contributed by atoms with Crippen LogP contribution in [0.15, 0.2) is 0 Å². The average molecular weight is 280 g/mol. The molecule has 3 fully saturated rings. The maximum absolute atomic E-state index is 6.26. The Morgan fingerprint density at radius 1 is 1.10 bits per heavy atom. The lowest BCUT2D eigenvalue weighted by Crippen LogP contribution is -2.68. The van der Waals surface area contributed by atoms with E-state index in [0.717, 1.165) is 19.6 Å². The van der Waals surface area contributed by atoms with Crippen LogP contribution in [-0.4, -0.2) is 47.3 Å². The molecule has 0 bridgehead atoms. The summed E-state index contributed by atoms with van der Waals surface area (Å²) in [6.45, 7) is 12.6. The number of ether oxygens (including phenoxy) is 1. The zero-order valence-corrected chi connectivity index (χ0v) is 13.8. The molecule has 2 saturated heterocycles. The van der Waals surface area contributed by atoms with Gasteiger partial charge in [0.2, 0.25) is 0 Å². The predicted molar refractivity (Wildman–Crippen MR) is 83.0 cm³/mol. The maximum atomic E-state index is 6.26. The molecule has 1 aliphatic carbocycles. The number of hydrogen-bond donors (Lipinski definition) is 1. The van der Waals surface area contributed by atoms with Crippen LogP contribution in [0, 0.1) is 0 Å². The molecule has 20 heavy (non-hydrogen) atoms. The van der Waals surface area contributed by atoms with Crippen molar-refractivity contribution in [2.45, 2.75) is 89.0 Å². The molecule has 0 radical (unpaired) electrons. The summed E-state index contributed by atoms with van der Waals surface area (Å²) in [6.07, 6.45) is 8.41. The summed E-state index contributed by atoms with van der Waals surface area (Å²) in [7, 11) is 0. The molecule has 0 amide bonds. The fourth-order valence-corrected chi connectivity index (χ4v) is 4.45. The minimum atomic E-state index is 0.0943. The largest absolute Gasteiger partial charge is 0.371 e. The molecular weight excluding hydrogens is 248 g/mol. The van der Waals surface area contributed by atoms with E-state index < -0.39 is 0 Å². The van der Waals surface area contributed by atoms with Gasteiger partial charge in [-0.1, -0.05) is 12.8 Å². The Bertz CT molecular complexity index is 358. The third kappa shape index (κ3) is 2.90. The van der Waals surface area contributed by atoms with Gasteiger partial charge in [0, 0.05) is 30.7 Å². The second-order valence-electron chi connectivity index (χ2n) is 8.59. The van der Waals surface area contributed by atoms with E-state index in [1.165, 1.54) is 38.5 Å². The second kappa shape index (κ2) is 4.96. The van der Waals surface area contributed by atoms with Crippen molar-refractivity contribution in [1.82, 2.24) is 10.2 Å². The van der Waals surface area contributed by atoms with Crippen molar-refractivity contribution in [3.63, 3.8) is 0 Å². The number of rotatable bonds is 2. The van der Waals surface area contributed by atoms with E-state index >= 15 is 0 Å². The van der Waals surface area contributed by atoms with Gasteiger partial charge in [0.05, 0.1) is 11.7 Å². The van der Waals surface area contributed by atoms with E-state index in [1.807, 2.05) is 0 Å². The molecule has 3 nitrogen and oxygen atoms in total. The molecule has 3 rings (SSSR count). The molecule has 2 heterocycles. The van der Waals surface area contributed by atoms with E-state index in [4.69, 9.17) is 4.74 Å². The number of piperazine rings is 1. The summed E-state index contributed by atoms with van der Waals surface area (Å²) in [5.41, 5.74) is 0.755. The molecule has 1 unspecified atom stereocenters. The highest BCUT2D eigenvalue weighted by atomic mass is 16.5. The van der Waals surface area contributed by atoms with Gasteiger partial charge in [-0.15, -0.1) is 0 Å². The third-order valence-corrected chi connectivity index (χ3v) is 5.67. The molecule has 3 aliphatic rings. The molecule has 0 aromatic carbocycles. The predicted octanol–water partition coefficient (Wildman–Crippen LogP) is 2.94. The quantitative estimate of drug-likeness (QED) is 0.841. The molecular formula is C17H32N2O. The van der Waals surface area contributed by atoms with E-state index in [-0.39, 0.29) is 11.1 Å².